The van der Waals surface area contributed by atoms with Crippen LogP contribution in [0.15, 0.2) is 48.7 Å². The van der Waals surface area contributed by atoms with Crippen LogP contribution in [0.5, 0.6) is 5.75 Å². The van der Waals surface area contributed by atoms with Gasteiger partial charge >= 0.3 is 0 Å². The highest BCUT2D eigenvalue weighted by Gasteiger charge is 2.10. The molecule has 1 N–H and O–H groups in total. The van der Waals surface area contributed by atoms with E-state index in [-0.39, 0.29) is 0 Å². The average Bonchev–Trinajstić information content (AvgIpc) is 2.49. The van der Waals surface area contributed by atoms with E-state index in [4.69, 9.17) is 4.74 Å². The second kappa shape index (κ2) is 6.90. The Morgan fingerprint density at radius 1 is 1.21 bits per heavy atom. The fourth-order valence-electron chi connectivity index (χ4n) is 2.17. The highest BCUT2D eigenvalue weighted by molar-refractivity contribution is 5.30. The number of hydrogen-bond donors (Lipinski definition) is 1. The van der Waals surface area contributed by atoms with Gasteiger partial charge in [0.15, 0.2) is 0 Å². The standard InChI is InChI=1S/C16H20N2O/c1-17-16(10-9-14-7-3-4-11-18-14)13-6-5-8-15(12-13)19-2/h3-8,11-12,16-17H,9-10H2,1-2H3. The summed E-state index contributed by atoms with van der Waals surface area (Å²) in [5, 5.41) is 3.36. The van der Waals surface area contributed by atoms with Crippen molar-refractivity contribution in [3.05, 3.63) is 59.9 Å². The molecule has 3 nitrogen and oxygen atoms in total. The molecular weight excluding hydrogens is 236 g/mol. The van der Waals surface area contributed by atoms with Crippen LogP contribution in [0, 0.1) is 0 Å². The van der Waals surface area contributed by atoms with Crippen molar-refractivity contribution in [2.45, 2.75) is 18.9 Å². The van der Waals surface area contributed by atoms with Crippen molar-refractivity contribution in [3.8, 4) is 5.75 Å². The van der Waals surface area contributed by atoms with Gasteiger partial charge in [-0.2, -0.15) is 0 Å². The van der Waals surface area contributed by atoms with Gasteiger partial charge in [0, 0.05) is 17.9 Å². The number of benzene rings is 1. The van der Waals surface area contributed by atoms with Crippen molar-refractivity contribution >= 4 is 0 Å². The van der Waals surface area contributed by atoms with Crippen LogP contribution < -0.4 is 10.1 Å². The van der Waals surface area contributed by atoms with Crippen molar-refractivity contribution in [3.63, 3.8) is 0 Å². The van der Waals surface area contributed by atoms with Crippen LogP contribution in [-0.4, -0.2) is 19.1 Å². The first-order chi connectivity index (χ1) is 9.33. The Kier molecular flexibility index (Phi) is 4.93. The zero-order chi connectivity index (χ0) is 13.5. The molecule has 3 heteroatoms. The Hall–Kier alpha value is -1.87. The highest BCUT2D eigenvalue weighted by atomic mass is 16.5. The highest BCUT2D eigenvalue weighted by Crippen LogP contribution is 2.22. The Morgan fingerprint density at radius 3 is 2.79 bits per heavy atom. The van der Waals surface area contributed by atoms with E-state index in [9.17, 15) is 0 Å². The molecule has 0 saturated heterocycles. The smallest absolute Gasteiger partial charge is 0.119 e. The largest absolute Gasteiger partial charge is 0.497 e. The monoisotopic (exact) mass is 256 g/mol. The van der Waals surface area contributed by atoms with Crippen LogP contribution in [0.1, 0.15) is 23.7 Å². The molecule has 1 aromatic carbocycles. The van der Waals surface area contributed by atoms with E-state index in [1.165, 1.54) is 5.56 Å². The lowest BCUT2D eigenvalue weighted by atomic mass is 10.0. The molecule has 19 heavy (non-hydrogen) atoms. The van der Waals surface area contributed by atoms with Gasteiger partial charge in [-0.1, -0.05) is 18.2 Å². The van der Waals surface area contributed by atoms with E-state index >= 15 is 0 Å². The molecule has 0 aliphatic heterocycles. The van der Waals surface area contributed by atoms with Crippen LogP contribution in [0.2, 0.25) is 0 Å². The van der Waals surface area contributed by atoms with E-state index < -0.39 is 0 Å². The summed E-state index contributed by atoms with van der Waals surface area (Å²) < 4.78 is 5.27. The zero-order valence-electron chi connectivity index (χ0n) is 11.5. The SMILES string of the molecule is CNC(CCc1ccccn1)c1cccc(OC)c1. The lowest BCUT2D eigenvalue weighted by Gasteiger charge is -2.17. The molecule has 0 spiro atoms. The summed E-state index contributed by atoms with van der Waals surface area (Å²) in [6, 6.07) is 14.6. The third-order valence-corrected chi connectivity index (χ3v) is 3.26. The number of hydrogen-bond acceptors (Lipinski definition) is 3. The zero-order valence-corrected chi connectivity index (χ0v) is 11.5. The summed E-state index contributed by atoms with van der Waals surface area (Å²) in [5.41, 5.74) is 2.38. The van der Waals surface area contributed by atoms with Gasteiger partial charge in [-0.25, -0.2) is 0 Å². The number of nitrogens with zero attached hydrogens (tertiary/aromatic N) is 1. The van der Waals surface area contributed by atoms with E-state index in [1.807, 2.05) is 37.5 Å². The molecule has 1 atom stereocenters. The third-order valence-electron chi connectivity index (χ3n) is 3.26. The van der Waals surface area contributed by atoms with Crippen molar-refractivity contribution in [2.75, 3.05) is 14.2 Å². The topological polar surface area (TPSA) is 34.2 Å². The second-order valence-corrected chi connectivity index (χ2v) is 4.48. The fraction of sp³-hybridized carbons (Fsp3) is 0.312. The van der Waals surface area contributed by atoms with Gasteiger partial charge in [0.25, 0.3) is 0 Å². The molecule has 0 aliphatic carbocycles. The van der Waals surface area contributed by atoms with Gasteiger partial charge in [0.05, 0.1) is 7.11 Å². The molecule has 2 rings (SSSR count). The maximum atomic E-state index is 5.27. The molecule has 1 aromatic heterocycles. The summed E-state index contributed by atoms with van der Waals surface area (Å²) in [7, 11) is 3.68. The number of nitrogens with one attached hydrogen (secondary N) is 1. The lowest BCUT2D eigenvalue weighted by Crippen LogP contribution is -2.17. The van der Waals surface area contributed by atoms with E-state index in [2.05, 4.69) is 28.5 Å². The molecule has 1 heterocycles. The van der Waals surface area contributed by atoms with Crippen LogP contribution in [0.3, 0.4) is 0 Å². The molecule has 2 aromatic rings. The maximum Gasteiger partial charge on any atom is 0.119 e. The van der Waals surface area contributed by atoms with Crippen LogP contribution in [0.25, 0.3) is 0 Å². The molecule has 0 saturated carbocycles. The number of rotatable bonds is 6. The first-order valence-corrected chi connectivity index (χ1v) is 6.54. The Morgan fingerprint density at radius 2 is 2.11 bits per heavy atom. The summed E-state index contributed by atoms with van der Waals surface area (Å²) >= 11 is 0. The minimum absolute atomic E-state index is 0.317. The molecule has 0 radical (unpaired) electrons. The van der Waals surface area contributed by atoms with Crippen molar-refractivity contribution in [1.29, 1.82) is 0 Å². The van der Waals surface area contributed by atoms with Crippen molar-refractivity contribution in [1.82, 2.24) is 10.3 Å². The Balaban J connectivity index is 2.03. The predicted octanol–water partition coefficient (Wildman–Crippen LogP) is 2.98. The number of methoxy groups -OCH3 is 1. The minimum Gasteiger partial charge on any atom is -0.497 e. The van der Waals surface area contributed by atoms with Gasteiger partial charge in [-0.15, -0.1) is 0 Å². The maximum absolute atomic E-state index is 5.27. The molecule has 0 amide bonds. The Bertz CT molecular complexity index is 499. The van der Waals surface area contributed by atoms with Gasteiger partial charge in [-0.05, 0) is 49.7 Å². The number of aryl methyl sites for hydroxylation is 1. The molecule has 100 valence electrons. The summed E-state index contributed by atoms with van der Waals surface area (Å²) in [5.74, 6) is 0.899. The first kappa shape index (κ1) is 13.6. The minimum atomic E-state index is 0.317. The van der Waals surface area contributed by atoms with Gasteiger partial charge < -0.3 is 10.1 Å². The fourth-order valence-corrected chi connectivity index (χ4v) is 2.17. The van der Waals surface area contributed by atoms with Crippen LogP contribution >= 0.6 is 0 Å². The summed E-state index contributed by atoms with van der Waals surface area (Å²) in [4.78, 5) is 4.36. The van der Waals surface area contributed by atoms with Crippen LogP contribution in [-0.2, 0) is 6.42 Å². The van der Waals surface area contributed by atoms with E-state index in [0.717, 1.165) is 24.3 Å². The number of aromatic nitrogens is 1. The van der Waals surface area contributed by atoms with Crippen molar-refractivity contribution in [2.24, 2.45) is 0 Å². The predicted molar refractivity (Wildman–Crippen MR) is 77.4 cm³/mol. The third kappa shape index (κ3) is 3.80. The summed E-state index contributed by atoms with van der Waals surface area (Å²) in [6.07, 6.45) is 3.82. The Labute approximate surface area is 114 Å². The molecule has 0 bridgehead atoms. The average molecular weight is 256 g/mol. The molecular formula is C16H20N2O. The number of pyridine rings is 1. The quantitative estimate of drug-likeness (QED) is 0.862. The van der Waals surface area contributed by atoms with E-state index in [1.54, 1.807) is 7.11 Å². The van der Waals surface area contributed by atoms with Gasteiger partial charge in [0.1, 0.15) is 5.75 Å². The van der Waals surface area contributed by atoms with Crippen LogP contribution in [0.4, 0.5) is 0 Å². The summed E-state index contributed by atoms with van der Waals surface area (Å²) in [6.45, 7) is 0. The lowest BCUT2D eigenvalue weighted by molar-refractivity contribution is 0.413. The first-order valence-electron chi connectivity index (χ1n) is 6.54. The van der Waals surface area contributed by atoms with Crippen molar-refractivity contribution < 1.29 is 4.74 Å². The van der Waals surface area contributed by atoms with E-state index in [0.29, 0.717) is 6.04 Å². The van der Waals surface area contributed by atoms with Gasteiger partial charge in [-0.3, -0.25) is 4.98 Å². The second-order valence-electron chi connectivity index (χ2n) is 4.48. The molecule has 0 aliphatic rings. The molecule has 1 unspecified atom stereocenters. The number of ether oxygens (including phenoxy) is 1. The molecule has 0 fully saturated rings. The van der Waals surface area contributed by atoms with Gasteiger partial charge in [0.2, 0.25) is 0 Å². The normalized spacial score (nSPS) is 12.1.